The highest BCUT2D eigenvalue weighted by Gasteiger charge is 2.22. The molecule has 0 fully saturated rings. The van der Waals surface area contributed by atoms with E-state index in [0.717, 1.165) is 47.4 Å². The molecular weight excluding hydrogens is 376 g/mol. The molecule has 0 bridgehead atoms. The minimum absolute atomic E-state index is 0.562. The summed E-state index contributed by atoms with van der Waals surface area (Å²) in [5, 5.41) is 10.7. The van der Waals surface area contributed by atoms with Gasteiger partial charge in [-0.15, -0.1) is 0 Å². The lowest BCUT2D eigenvalue weighted by molar-refractivity contribution is 0.158. The number of imidazole rings is 1. The summed E-state index contributed by atoms with van der Waals surface area (Å²) in [5.74, 6) is 0.836. The lowest BCUT2D eigenvalue weighted by atomic mass is 10.1. The monoisotopic (exact) mass is 398 g/mol. The molecule has 1 atom stereocenters. The number of halogens is 1. The van der Waals surface area contributed by atoms with Crippen LogP contribution in [0.2, 0.25) is 0 Å². The van der Waals surface area contributed by atoms with E-state index < -0.39 is 6.10 Å². The molecule has 0 radical (unpaired) electrons. The van der Waals surface area contributed by atoms with Gasteiger partial charge in [-0.25, -0.2) is 4.98 Å². The lowest BCUT2D eigenvalue weighted by Crippen LogP contribution is -2.00. The summed E-state index contributed by atoms with van der Waals surface area (Å²) in [4.78, 5) is 4.80. The fraction of sp³-hybridized carbons (Fsp3) is 0.286. The van der Waals surface area contributed by atoms with Crippen molar-refractivity contribution < 1.29 is 5.11 Å². The number of aliphatic hydroxyl groups is 1. The van der Waals surface area contributed by atoms with Gasteiger partial charge in [-0.1, -0.05) is 74.7 Å². The van der Waals surface area contributed by atoms with Crippen molar-refractivity contribution in [1.82, 2.24) is 9.55 Å². The largest absolute Gasteiger partial charge is 0.387 e. The van der Waals surface area contributed by atoms with E-state index >= 15 is 0 Å². The van der Waals surface area contributed by atoms with Gasteiger partial charge < -0.3 is 5.11 Å². The van der Waals surface area contributed by atoms with Crippen molar-refractivity contribution >= 4 is 15.9 Å². The van der Waals surface area contributed by atoms with Crippen molar-refractivity contribution in [3.63, 3.8) is 0 Å². The van der Waals surface area contributed by atoms with Crippen molar-refractivity contribution in [2.24, 2.45) is 0 Å². The molecule has 0 aliphatic rings. The number of rotatable bonds is 7. The molecule has 130 valence electrons. The topological polar surface area (TPSA) is 38.1 Å². The Morgan fingerprint density at radius 2 is 1.64 bits per heavy atom. The average molecular weight is 399 g/mol. The second kappa shape index (κ2) is 8.45. The summed E-state index contributed by atoms with van der Waals surface area (Å²) in [7, 11) is 0. The Morgan fingerprint density at radius 3 is 2.28 bits per heavy atom. The Kier molecular flexibility index (Phi) is 6.05. The maximum atomic E-state index is 10.7. The van der Waals surface area contributed by atoms with Crippen molar-refractivity contribution in [3.05, 3.63) is 71.0 Å². The van der Waals surface area contributed by atoms with Crippen LogP contribution in [0.15, 0.2) is 65.3 Å². The fourth-order valence-electron chi connectivity index (χ4n) is 2.95. The maximum absolute atomic E-state index is 10.7. The molecule has 0 spiro atoms. The predicted molar refractivity (Wildman–Crippen MR) is 106 cm³/mol. The zero-order chi connectivity index (χ0) is 17.6. The molecule has 25 heavy (non-hydrogen) atoms. The first-order valence-electron chi connectivity index (χ1n) is 8.79. The Balaban J connectivity index is 2.06. The van der Waals surface area contributed by atoms with Crippen molar-refractivity contribution in [1.29, 1.82) is 0 Å². The van der Waals surface area contributed by atoms with Crippen LogP contribution in [0.3, 0.4) is 0 Å². The first kappa shape index (κ1) is 17.9. The SMILES string of the molecule is CCCCC[C@@H](O)c1nc(-c2ccccc2)n(-c2ccccc2)c1Br. The van der Waals surface area contributed by atoms with Gasteiger partial charge in [-0.05, 0) is 34.5 Å². The average Bonchev–Trinajstić information content (AvgIpc) is 3.00. The van der Waals surface area contributed by atoms with E-state index in [1.165, 1.54) is 0 Å². The van der Waals surface area contributed by atoms with Crippen LogP contribution in [0.25, 0.3) is 17.1 Å². The number of aliphatic hydroxyl groups excluding tert-OH is 1. The van der Waals surface area contributed by atoms with Crippen LogP contribution in [0.1, 0.15) is 44.4 Å². The number of hydrogen-bond acceptors (Lipinski definition) is 2. The van der Waals surface area contributed by atoms with Gasteiger partial charge in [-0.2, -0.15) is 0 Å². The minimum Gasteiger partial charge on any atom is -0.387 e. The molecular formula is C21H23BrN2O. The van der Waals surface area contributed by atoms with Crippen LogP contribution in [-0.4, -0.2) is 14.7 Å². The Hall–Kier alpha value is -1.91. The third-order valence-electron chi connectivity index (χ3n) is 4.29. The zero-order valence-corrected chi connectivity index (χ0v) is 16.0. The Bertz CT molecular complexity index is 800. The first-order valence-corrected chi connectivity index (χ1v) is 9.58. The van der Waals surface area contributed by atoms with Gasteiger partial charge in [-0.3, -0.25) is 4.57 Å². The molecule has 4 heteroatoms. The summed E-state index contributed by atoms with van der Waals surface area (Å²) >= 11 is 3.69. The van der Waals surface area contributed by atoms with E-state index in [1.54, 1.807) is 0 Å². The molecule has 1 N–H and O–H groups in total. The van der Waals surface area contributed by atoms with Crippen LogP contribution < -0.4 is 0 Å². The normalized spacial score (nSPS) is 12.3. The first-order chi connectivity index (χ1) is 12.2. The highest BCUT2D eigenvalue weighted by Crippen LogP contribution is 2.34. The molecule has 0 unspecified atom stereocenters. The summed E-state index contributed by atoms with van der Waals surface area (Å²) in [6.45, 7) is 2.17. The number of hydrogen-bond donors (Lipinski definition) is 1. The Labute approximate surface area is 157 Å². The predicted octanol–water partition coefficient (Wildman–Crippen LogP) is 5.92. The van der Waals surface area contributed by atoms with E-state index in [2.05, 4.69) is 27.4 Å². The highest BCUT2D eigenvalue weighted by atomic mass is 79.9. The smallest absolute Gasteiger partial charge is 0.145 e. The molecule has 1 aromatic heterocycles. The second-order valence-corrected chi connectivity index (χ2v) is 6.91. The molecule has 0 saturated heterocycles. The van der Waals surface area contributed by atoms with Gasteiger partial charge in [0.1, 0.15) is 16.1 Å². The van der Waals surface area contributed by atoms with Crippen LogP contribution in [-0.2, 0) is 0 Å². The van der Waals surface area contributed by atoms with Gasteiger partial charge in [0.25, 0.3) is 0 Å². The quantitative estimate of drug-likeness (QED) is 0.501. The molecule has 0 saturated carbocycles. The number of para-hydroxylation sites is 1. The van der Waals surface area contributed by atoms with E-state index in [4.69, 9.17) is 4.98 Å². The molecule has 0 amide bonds. The molecule has 1 heterocycles. The van der Waals surface area contributed by atoms with E-state index in [9.17, 15) is 5.11 Å². The van der Waals surface area contributed by atoms with Crippen molar-refractivity contribution in [2.75, 3.05) is 0 Å². The van der Waals surface area contributed by atoms with Gasteiger partial charge in [0.15, 0.2) is 0 Å². The third-order valence-corrected chi connectivity index (χ3v) is 5.05. The minimum atomic E-state index is -0.562. The van der Waals surface area contributed by atoms with Gasteiger partial charge in [0, 0.05) is 11.3 Å². The van der Waals surface area contributed by atoms with Gasteiger partial charge in [0.05, 0.1) is 6.10 Å². The van der Waals surface area contributed by atoms with E-state index in [1.807, 2.05) is 60.7 Å². The van der Waals surface area contributed by atoms with Crippen LogP contribution in [0.4, 0.5) is 0 Å². The van der Waals surface area contributed by atoms with E-state index in [-0.39, 0.29) is 0 Å². The zero-order valence-electron chi connectivity index (χ0n) is 14.4. The summed E-state index contributed by atoms with van der Waals surface area (Å²) in [6.07, 6.45) is 3.43. The summed E-state index contributed by atoms with van der Waals surface area (Å²) in [6, 6.07) is 20.2. The Morgan fingerprint density at radius 1 is 1.00 bits per heavy atom. The number of unbranched alkanes of at least 4 members (excludes halogenated alkanes) is 2. The highest BCUT2D eigenvalue weighted by molar-refractivity contribution is 9.10. The third kappa shape index (κ3) is 4.02. The number of aromatic nitrogens is 2. The number of benzene rings is 2. The second-order valence-electron chi connectivity index (χ2n) is 6.16. The molecule has 3 aromatic rings. The van der Waals surface area contributed by atoms with Crippen LogP contribution in [0, 0.1) is 0 Å². The standard InChI is InChI=1S/C21H23BrN2O/c1-2-3-6-15-18(25)19-20(22)24(17-13-9-5-10-14-17)21(23-19)16-11-7-4-8-12-16/h4-5,7-14,18,25H,2-3,6,15H2,1H3/t18-/m1/s1. The molecule has 2 aromatic carbocycles. The van der Waals surface area contributed by atoms with E-state index in [0.29, 0.717) is 5.69 Å². The summed E-state index contributed by atoms with van der Waals surface area (Å²) in [5.41, 5.74) is 2.76. The molecule has 0 aliphatic carbocycles. The van der Waals surface area contributed by atoms with Crippen LogP contribution in [0.5, 0.6) is 0 Å². The molecule has 3 nitrogen and oxygen atoms in total. The maximum Gasteiger partial charge on any atom is 0.145 e. The number of nitrogens with zero attached hydrogens (tertiary/aromatic N) is 2. The van der Waals surface area contributed by atoms with Crippen molar-refractivity contribution in [2.45, 2.75) is 38.7 Å². The fourth-order valence-corrected chi connectivity index (χ4v) is 3.67. The lowest BCUT2D eigenvalue weighted by Gasteiger charge is -2.10. The molecule has 0 aliphatic heterocycles. The summed E-state index contributed by atoms with van der Waals surface area (Å²) < 4.78 is 2.88. The van der Waals surface area contributed by atoms with Gasteiger partial charge in [0.2, 0.25) is 0 Å². The van der Waals surface area contributed by atoms with Crippen molar-refractivity contribution in [3.8, 4) is 17.1 Å². The van der Waals surface area contributed by atoms with Gasteiger partial charge >= 0.3 is 0 Å². The van der Waals surface area contributed by atoms with Crippen LogP contribution >= 0.6 is 15.9 Å². The molecule has 3 rings (SSSR count).